The number of carbonyl (C=O) groups excluding carboxylic acids is 1. The molecule has 0 bridgehead atoms. The second kappa shape index (κ2) is 6.44. The van der Waals surface area contributed by atoms with Gasteiger partial charge in [-0.3, -0.25) is 4.79 Å². The average Bonchev–Trinajstić information content (AvgIpc) is 2.95. The first kappa shape index (κ1) is 15.8. The Bertz CT molecular complexity index is 598. The van der Waals surface area contributed by atoms with Crippen LogP contribution in [0.4, 0.5) is 0 Å². The summed E-state index contributed by atoms with van der Waals surface area (Å²) in [6, 6.07) is 6.78. The molecule has 1 aliphatic rings. The topological polar surface area (TPSA) is 75.7 Å². The van der Waals surface area contributed by atoms with Crippen LogP contribution >= 0.6 is 0 Å². The van der Waals surface area contributed by atoms with Gasteiger partial charge in [-0.05, 0) is 30.5 Å². The van der Waals surface area contributed by atoms with E-state index in [0.717, 1.165) is 17.6 Å². The summed E-state index contributed by atoms with van der Waals surface area (Å²) in [4.78, 5) is 12.2. The van der Waals surface area contributed by atoms with E-state index in [9.17, 15) is 13.2 Å². The fraction of sp³-hybridized carbons (Fsp3) is 0.500. The van der Waals surface area contributed by atoms with Crippen molar-refractivity contribution in [1.82, 2.24) is 9.62 Å². The van der Waals surface area contributed by atoms with Crippen LogP contribution in [0.2, 0.25) is 0 Å². The Morgan fingerprint density at radius 1 is 1.38 bits per heavy atom. The van der Waals surface area contributed by atoms with Gasteiger partial charge in [0.25, 0.3) is 0 Å². The van der Waals surface area contributed by atoms with Crippen LogP contribution in [0.5, 0.6) is 5.75 Å². The van der Waals surface area contributed by atoms with Crippen molar-refractivity contribution in [1.29, 1.82) is 0 Å². The van der Waals surface area contributed by atoms with E-state index in [1.165, 1.54) is 4.31 Å². The molecule has 2 rings (SSSR count). The number of nitrogens with zero attached hydrogens (tertiary/aromatic N) is 1. The largest absolute Gasteiger partial charge is 0.497 e. The van der Waals surface area contributed by atoms with E-state index in [0.29, 0.717) is 25.9 Å². The van der Waals surface area contributed by atoms with Crippen molar-refractivity contribution in [2.24, 2.45) is 0 Å². The molecule has 1 fully saturated rings. The highest BCUT2D eigenvalue weighted by Crippen LogP contribution is 2.20. The molecule has 1 atom stereocenters. The van der Waals surface area contributed by atoms with Crippen molar-refractivity contribution in [3.63, 3.8) is 0 Å². The van der Waals surface area contributed by atoms with Gasteiger partial charge in [0, 0.05) is 13.1 Å². The van der Waals surface area contributed by atoms with Crippen LogP contribution in [0.1, 0.15) is 18.4 Å². The summed E-state index contributed by atoms with van der Waals surface area (Å²) in [5.74, 6) is 0.512. The molecule has 7 heteroatoms. The van der Waals surface area contributed by atoms with Gasteiger partial charge in [-0.1, -0.05) is 12.1 Å². The fourth-order valence-electron chi connectivity index (χ4n) is 2.45. The van der Waals surface area contributed by atoms with Gasteiger partial charge in [0.1, 0.15) is 11.8 Å². The summed E-state index contributed by atoms with van der Waals surface area (Å²) in [5, 5.41) is 2.79. The summed E-state index contributed by atoms with van der Waals surface area (Å²) >= 11 is 0. The van der Waals surface area contributed by atoms with Crippen molar-refractivity contribution in [3.05, 3.63) is 29.8 Å². The summed E-state index contributed by atoms with van der Waals surface area (Å²) in [6.45, 7) is 0.788. The lowest BCUT2D eigenvalue weighted by atomic mass is 10.2. The molecule has 0 unspecified atom stereocenters. The summed E-state index contributed by atoms with van der Waals surface area (Å²) in [6.07, 6.45) is 2.43. The first-order valence-electron chi connectivity index (χ1n) is 6.79. The molecule has 0 aromatic heterocycles. The third-order valence-electron chi connectivity index (χ3n) is 3.56. The quantitative estimate of drug-likeness (QED) is 0.870. The number of carbonyl (C=O) groups is 1. The van der Waals surface area contributed by atoms with Crippen LogP contribution in [-0.4, -0.2) is 44.6 Å². The molecule has 1 N–H and O–H groups in total. The zero-order chi connectivity index (χ0) is 15.5. The third-order valence-corrected chi connectivity index (χ3v) is 4.85. The van der Waals surface area contributed by atoms with E-state index in [2.05, 4.69) is 5.32 Å². The van der Waals surface area contributed by atoms with E-state index in [-0.39, 0.29) is 5.91 Å². The number of ether oxygens (including phenoxy) is 1. The zero-order valence-electron chi connectivity index (χ0n) is 12.2. The highest BCUT2D eigenvalue weighted by molar-refractivity contribution is 7.88. The average molecular weight is 312 g/mol. The maximum atomic E-state index is 12.2. The molecule has 0 spiro atoms. The number of benzene rings is 1. The van der Waals surface area contributed by atoms with Crippen LogP contribution in [0, 0.1) is 0 Å². The molecule has 1 aromatic carbocycles. The van der Waals surface area contributed by atoms with Crippen molar-refractivity contribution >= 4 is 15.9 Å². The van der Waals surface area contributed by atoms with Crippen molar-refractivity contribution < 1.29 is 17.9 Å². The molecule has 1 aliphatic heterocycles. The molecule has 1 amide bonds. The minimum absolute atomic E-state index is 0.242. The second-order valence-corrected chi connectivity index (χ2v) is 7.03. The van der Waals surface area contributed by atoms with Gasteiger partial charge in [-0.2, -0.15) is 4.31 Å². The van der Waals surface area contributed by atoms with Gasteiger partial charge in [0.05, 0.1) is 13.4 Å². The number of hydrogen-bond donors (Lipinski definition) is 1. The SMILES string of the molecule is COc1ccc(CNC(=O)[C@@H]2CCCN2S(C)(=O)=O)cc1. The molecule has 1 heterocycles. The number of amides is 1. The lowest BCUT2D eigenvalue weighted by molar-refractivity contribution is -0.124. The van der Waals surface area contributed by atoms with Crippen LogP contribution in [0.25, 0.3) is 0 Å². The van der Waals surface area contributed by atoms with Gasteiger partial charge < -0.3 is 10.1 Å². The van der Waals surface area contributed by atoms with Crippen LogP contribution < -0.4 is 10.1 Å². The Hall–Kier alpha value is -1.60. The van der Waals surface area contributed by atoms with Crippen LogP contribution in [-0.2, 0) is 21.4 Å². The molecule has 0 saturated carbocycles. The second-order valence-electron chi connectivity index (χ2n) is 5.10. The minimum Gasteiger partial charge on any atom is -0.497 e. The number of nitrogens with one attached hydrogen (secondary N) is 1. The molecule has 1 saturated heterocycles. The Labute approximate surface area is 125 Å². The number of sulfonamides is 1. The molecule has 0 aliphatic carbocycles. The van der Waals surface area contributed by atoms with Gasteiger partial charge in [-0.15, -0.1) is 0 Å². The Kier molecular flexibility index (Phi) is 4.84. The summed E-state index contributed by atoms with van der Waals surface area (Å²) in [7, 11) is -1.74. The first-order valence-corrected chi connectivity index (χ1v) is 8.64. The van der Waals surface area contributed by atoms with Crippen molar-refractivity contribution in [2.75, 3.05) is 19.9 Å². The van der Waals surface area contributed by atoms with Crippen molar-refractivity contribution in [2.45, 2.75) is 25.4 Å². The van der Waals surface area contributed by atoms with E-state index in [4.69, 9.17) is 4.74 Å². The molecule has 116 valence electrons. The monoisotopic (exact) mass is 312 g/mol. The first-order chi connectivity index (χ1) is 9.91. The highest BCUT2D eigenvalue weighted by atomic mass is 32.2. The third kappa shape index (κ3) is 3.95. The molecular weight excluding hydrogens is 292 g/mol. The van der Waals surface area contributed by atoms with E-state index < -0.39 is 16.1 Å². The summed E-state index contributed by atoms with van der Waals surface area (Å²) < 4.78 is 29.6. The van der Waals surface area contributed by atoms with Gasteiger partial charge in [0.15, 0.2) is 0 Å². The fourth-order valence-corrected chi connectivity index (χ4v) is 3.57. The normalized spacial score (nSPS) is 19.4. The molecular formula is C14H20N2O4S. The van der Waals surface area contributed by atoms with Crippen LogP contribution in [0.3, 0.4) is 0 Å². The predicted octanol–water partition coefficient (Wildman–Crippen LogP) is 0.735. The van der Waals surface area contributed by atoms with Gasteiger partial charge >= 0.3 is 0 Å². The Morgan fingerprint density at radius 2 is 2.05 bits per heavy atom. The van der Waals surface area contributed by atoms with Crippen molar-refractivity contribution in [3.8, 4) is 5.75 Å². The number of methoxy groups -OCH3 is 1. The van der Waals surface area contributed by atoms with Gasteiger partial charge in [-0.25, -0.2) is 8.42 Å². The minimum atomic E-state index is -3.33. The van der Waals surface area contributed by atoms with E-state index in [1.54, 1.807) is 7.11 Å². The maximum Gasteiger partial charge on any atom is 0.238 e. The lowest BCUT2D eigenvalue weighted by Crippen LogP contribution is -2.45. The standard InChI is InChI=1S/C14H20N2O4S/c1-20-12-7-5-11(6-8-12)10-15-14(17)13-4-3-9-16(13)21(2,18)19/h5-8,13H,3-4,9-10H2,1-2H3,(H,15,17)/t13-/m0/s1. The van der Waals surface area contributed by atoms with Crippen LogP contribution in [0.15, 0.2) is 24.3 Å². The van der Waals surface area contributed by atoms with E-state index >= 15 is 0 Å². The smallest absolute Gasteiger partial charge is 0.238 e. The molecule has 21 heavy (non-hydrogen) atoms. The van der Waals surface area contributed by atoms with E-state index in [1.807, 2.05) is 24.3 Å². The predicted molar refractivity (Wildman–Crippen MR) is 79.4 cm³/mol. The van der Waals surface area contributed by atoms with Gasteiger partial charge in [0.2, 0.25) is 15.9 Å². The zero-order valence-corrected chi connectivity index (χ0v) is 13.0. The molecule has 0 radical (unpaired) electrons. The summed E-state index contributed by atoms with van der Waals surface area (Å²) in [5.41, 5.74) is 0.938. The highest BCUT2D eigenvalue weighted by Gasteiger charge is 2.36. The Balaban J connectivity index is 1.95. The lowest BCUT2D eigenvalue weighted by Gasteiger charge is -2.21. The number of rotatable bonds is 5. The Morgan fingerprint density at radius 3 is 2.62 bits per heavy atom. The maximum absolute atomic E-state index is 12.2. The number of hydrogen-bond acceptors (Lipinski definition) is 4. The molecule has 1 aromatic rings. The molecule has 6 nitrogen and oxygen atoms in total.